The molecule has 0 aliphatic heterocycles. The summed E-state index contributed by atoms with van der Waals surface area (Å²) in [5.41, 5.74) is 0. The lowest BCUT2D eigenvalue weighted by Crippen LogP contribution is -1.98. The summed E-state index contributed by atoms with van der Waals surface area (Å²) in [4.78, 5) is 9.22. The van der Waals surface area contributed by atoms with Gasteiger partial charge in [0.1, 0.15) is 0 Å². The third kappa shape index (κ3) is 5.40. The number of hydrogen-bond donors (Lipinski definition) is 0. The lowest BCUT2D eigenvalue weighted by molar-refractivity contribution is -0.479. The molecular weight excluding hydrogens is 94.0 g/mol. The van der Waals surface area contributed by atoms with E-state index in [1.165, 1.54) is 0 Å². The van der Waals surface area contributed by atoms with Gasteiger partial charge in [0.25, 0.3) is 0 Å². The van der Waals surface area contributed by atoms with Crippen LogP contribution in [0.5, 0.6) is 0 Å². The van der Waals surface area contributed by atoms with Gasteiger partial charge < -0.3 is 0 Å². The minimum absolute atomic E-state index is 0.0660. The van der Waals surface area contributed by atoms with Gasteiger partial charge in [0.2, 0.25) is 6.54 Å². The van der Waals surface area contributed by atoms with E-state index < -0.39 is 0 Å². The van der Waals surface area contributed by atoms with Crippen LogP contribution in [0.25, 0.3) is 0 Å². The average molecular weight is 102 g/mol. The SMILES string of the molecule is C[CH]CC[N+](=O)[O-]. The third-order valence-corrected chi connectivity index (χ3v) is 0.600. The van der Waals surface area contributed by atoms with E-state index in [1.54, 1.807) is 6.42 Å². The molecule has 0 unspecified atom stereocenters. The second kappa shape index (κ2) is 3.59. The fraction of sp³-hybridized carbons (Fsp3) is 0.750. The highest BCUT2D eigenvalue weighted by atomic mass is 16.6. The Balaban J connectivity index is 2.82. The van der Waals surface area contributed by atoms with Gasteiger partial charge in [-0.05, 0) is 6.42 Å². The number of nitro groups is 1. The predicted molar refractivity (Wildman–Crippen MR) is 26.5 cm³/mol. The van der Waals surface area contributed by atoms with E-state index in [0.717, 1.165) is 0 Å². The first-order valence-corrected chi connectivity index (χ1v) is 2.17. The lowest BCUT2D eigenvalue weighted by atomic mass is 10.3. The van der Waals surface area contributed by atoms with Gasteiger partial charge in [-0.1, -0.05) is 6.92 Å². The van der Waals surface area contributed by atoms with E-state index in [9.17, 15) is 10.1 Å². The van der Waals surface area contributed by atoms with Crippen LogP contribution in [0, 0.1) is 16.5 Å². The van der Waals surface area contributed by atoms with E-state index in [2.05, 4.69) is 0 Å². The molecule has 0 heterocycles. The zero-order chi connectivity index (χ0) is 5.70. The zero-order valence-corrected chi connectivity index (χ0v) is 4.26. The van der Waals surface area contributed by atoms with Gasteiger partial charge in [-0.15, -0.1) is 0 Å². The van der Waals surface area contributed by atoms with Crippen molar-refractivity contribution in [3.05, 3.63) is 16.5 Å². The van der Waals surface area contributed by atoms with Gasteiger partial charge in [0, 0.05) is 11.3 Å². The summed E-state index contributed by atoms with van der Waals surface area (Å²) in [5.74, 6) is 0. The summed E-state index contributed by atoms with van der Waals surface area (Å²) in [6.07, 6.45) is 2.36. The Morgan fingerprint density at radius 1 is 1.86 bits per heavy atom. The van der Waals surface area contributed by atoms with Gasteiger partial charge in [-0.25, -0.2) is 0 Å². The molecule has 0 N–H and O–H groups in total. The highest BCUT2D eigenvalue weighted by molar-refractivity contribution is 4.51. The van der Waals surface area contributed by atoms with Crippen molar-refractivity contribution in [2.75, 3.05) is 6.54 Å². The molecule has 0 spiro atoms. The van der Waals surface area contributed by atoms with Crippen molar-refractivity contribution in [3.63, 3.8) is 0 Å². The summed E-state index contributed by atoms with van der Waals surface area (Å²) < 4.78 is 0. The topological polar surface area (TPSA) is 43.1 Å². The third-order valence-electron chi connectivity index (χ3n) is 0.600. The van der Waals surface area contributed by atoms with Crippen molar-refractivity contribution < 1.29 is 4.92 Å². The molecule has 0 saturated heterocycles. The van der Waals surface area contributed by atoms with Crippen LogP contribution in [0.15, 0.2) is 0 Å². The maximum absolute atomic E-state index is 9.54. The van der Waals surface area contributed by atoms with Gasteiger partial charge in [0.05, 0.1) is 0 Å². The molecule has 0 bridgehead atoms. The van der Waals surface area contributed by atoms with E-state index in [4.69, 9.17) is 0 Å². The van der Waals surface area contributed by atoms with Crippen molar-refractivity contribution in [2.45, 2.75) is 13.3 Å². The summed E-state index contributed by atoms with van der Waals surface area (Å²) in [6.45, 7) is 1.87. The van der Waals surface area contributed by atoms with Gasteiger partial charge in [0.15, 0.2) is 0 Å². The highest BCUT2D eigenvalue weighted by Crippen LogP contribution is 1.82. The molecule has 3 nitrogen and oxygen atoms in total. The van der Waals surface area contributed by atoms with Crippen molar-refractivity contribution in [3.8, 4) is 0 Å². The van der Waals surface area contributed by atoms with Crippen LogP contribution in [0.4, 0.5) is 0 Å². The molecule has 0 aromatic rings. The van der Waals surface area contributed by atoms with E-state index in [1.807, 2.05) is 6.92 Å². The molecule has 0 saturated carbocycles. The van der Waals surface area contributed by atoms with Crippen molar-refractivity contribution in [2.24, 2.45) is 0 Å². The Morgan fingerprint density at radius 3 is 2.57 bits per heavy atom. The summed E-state index contributed by atoms with van der Waals surface area (Å²) in [7, 11) is 0. The highest BCUT2D eigenvalue weighted by Gasteiger charge is 1.90. The number of rotatable bonds is 3. The number of nitrogens with zero attached hydrogens (tertiary/aromatic N) is 1. The molecule has 0 atom stereocenters. The Kier molecular flexibility index (Phi) is 3.28. The Bertz CT molecular complexity index is 62.7. The summed E-state index contributed by atoms with van der Waals surface area (Å²) >= 11 is 0. The largest absolute Gasteiger partial charge is 0.265 e. The Hall–Kier alpha value is -0.600. The molecule has 7 heavy (non-hydrogen) atoms. The maximum atomic E-state index is 9.54. The standard InChI is InChI=1S/C4H8NO2/c1-2-3-4-5(6)7/h2H,3-4H2,1H3. The first kappa shape index (κ1) is 6.40. The van der Waals surface area contributed by atoms with Crippen LogP contribution in [0.3, 0.4) is 0 Å². The van der Waals surface area contributed by atoms with E-state index in [0.29, 0.717) is 6.42 Å². The molecule has 3 heteroatoms. The van der Waals surface area contributed by atoms with Crippen LogP contribution in [-0.2, 0) is 0 Å². The van der Waals surface area contributed by atoms with Crippen molar-refractivity contribution >= 4 is 0 Å². The number of unbranched alkanes of at least 4 members (excludes halogenated alkanes) is 1. The smallest absolute Gasteiger partial charge is 0.204 e. The van der Waals surface area contributed by atoms with E-state index in [-0.39, 0.29) is 11.5 Å². The summed E-state index contributed by atoms with van der Waals surface area (Å²) in [5, 5.41) is 9.54. The van der Waals surface area contributed by atoms with Gasteiger partial charge in [-0.3, -0.25) is 10.1 Å². The molecule has 0 aromatic carbocycles. The number of hydrogen-bond acceptors (Lipinski definition) is 2. The predicted octanol–water partition coefficient (Wildman–Crippen LogP) is 0.877. The normalized spacial score (nSPS) is 8.71. The minimum Gasteiger partial charge on any atom is -0.265 e. The minimum atomic E-state index is -0.319. The molecule has 0 rings (SSSR count). The van der Waals surface area contributed by atoms with Crippen molar-refractivity contribution in [1.29, 1.82) is 0 Å². The van der Waals surface area contributed by atoms with Crippen molar-refractivity contribution in [1.82, 2.24) is 0 Å². The van der Waals surface area contributed by atoms with Crippen LogP contribution in [-0.4, -0.2) is 11.5 Å². The second-order valence-electron chi connectivity index (χ2n) is 1.25. The van der Waals surface area contributed by atoms with Gasteiger partial charge >= 0.3 is 0 Å². The first-order valence-electron chi connectivity index (χ1n) is 2.17. The molecule has 0 aliphatic rings. The van der Waals surface area contributed by atoms with Crippen LogP contribution < -0.4 is 0 Å². The second-order valence-corrected chi connectivity index (χ2v) is 1.25. The van der Waals surface area contributed by atoms with Crippen LogP contribution in [0.1, 0.15) is 13.3 Å². The molecule has 0 amide bonds. The molecule has 1 radical (unpaired) electrons. The van der Waals surface area contributed by atoms with Gasteiger partial charge in [-0.2, -0.15) is 0 Å². The molecule has 0 aromatic heterocycles. The van der Waals surface area contributed by atoms with Crippen LogP contribution in [0.2, 0.25) is 0 Å². The molecular formula is C4H8NO2. The fourth-order valence-electron chi connectivity index (χ4n) is 0.235. The fourth-order valence-corrected chi connectivity index (χ4v) is 0.235. The molecule has 0 fully saturated rings. The Morgan fingerprint density at radius 2 is 2.43 bits per heavy atom. The monoisotopic (exact) mass is 102 g/mol. The summed E-state index contributed by atoms with van der Waals surface area (Å²) in [6, 6.07) is 0. The average Bonchev–Trinajstić information content (AvgIpc) is 1.61. The Labute approximate surface area is 42.5 Å². The quantitative estimate of drug-likeness (QED) is 0.392. The van der Waals surface area contributed by atoms with Crippen LogP contribution >= 0.6 is 0 Å². The maximum Gasteiger partial charge on any atom is 0.204 e. The zero-order valence-electron chi connectivity index (χ0n) is 4.26. The lowest BCUT2D eigenvalue weighted by Gasteiger charge is -1.84. The first-order chi connectivity index (χ1) is 3.27. The molecule has 0 aliphatic carbocycles. The van der Waals surface area contributed by atoms with E-state index >= 15 is 0 Å². The molecule has 41 valence electrons.